The summed E-state index contributed by atoms with van der Waals surface area (Å²) in [5.41, 5.74) is 1.12. The topological polar surface area (TPSA) is 57.4 Å². The smallest absolute Gasteiger partial charge is 0.233 e. The Morgan fingerprint density at radius 2 is 2.20 bits per heavy atom. The molecule has 5 heteroatoms. The molecular weight excluding hydrogens is 256 g/mol. The van der Waals surface area contributed by atoms with Crippen LogP contribution in [-0.4, -0.2) is 23.9 Å². The molecule has 106 valence electrons. The minimum atomic E-state index is 0.106. The number of hydrogen-bond acceptors (Lipinski definition) is 5. The van der Waals surface area contributed by atoms with Crippen molar-refractivity contribution < 1.29 is 14.0 Å². The number of rotatable bonds is 3. The number of fused-ring (bicyclic) bond motifs is 1. The van der Waals surface area contributed by atoms with E-state index in [1.165, 1.54) is 0 Å². The molecule has 0 spiro atoms. The van der Waals surface area contributed by atoms with E-state index in [0.717, 1.165) is 29.3 Å². The number of methoxy groups -OCH3 is 1. The summed E-state index contributed by atoms with van der Waals surface area (Å²) in [5, 5.41) is 4.01. The van der Waals surface area contributed by atoms with Crippen LogP contribution in [0, 0.1) is 0 Å². The van der Waals surface area contributed by atoms with Crippen LogP contribution >= 0.6 is 0 Å². The highest BCUT2D eigenvalue weighted by Crippen LogP contribution is 2.38. The molecule has 1 aliphatic heterocycles. The molecule has 0 aliphatic carbocycles. The van der Waals surface area contributed by atoms with Crippen molar-refractivity contribution in [3.8, 4) is 11.5 Å². The van der Waals surface area contributed by atoms with Gasteiger partial charge in [-0.1, -0.05) is 31.1 Å². The molecule has 2 aromatic rings. The standard InChI is InChI=1S/C15H18N2O3/c1-9(2)14-16-15(20-17-14)11-7-10-5-4-6-12(18-3)13(10)19-8-11/h4-6,9,11H,7-8H2,1-3H3/t11-/m0/s1. The van der Waals surface area contributed by atoms with E-state index in [1.807, 2.05) is 32.0 Å². The third-order valence-corrected chi connectivity index (χ3v) is 3.50. The highest BCUT2D eigenvalue weighted by molar-refractivity contribution is 5.48. The first-order valence-corrected chi connectivity index (χ1v) is 6.81. The van der Waals surface area contributed by atoms with Crippen molar-refractivity contribution in [3.63, 3.8) is 0 Å². The van der Waals surface area contributed by atoms with Gasteiger partial charge < -0.3 is 14.0 Å². The molecule has 0 N–H and O–H groups in total. The Morgan fingerprint density at radius 1 is 1.35 bits per heavy atom. The summed E-state index contributed by atoms with van der Waals surface area (Å²) in [6, 6.07) is 5.92. The zero-order chi connectivity index (χ0) is 14.1. The molecule has 0 bridgehead atoms. The van der Waals surface area contributed by atoms with Crippen LogP contribution in [0.25, 0.3) is 0 Å². The van der Waals surface area contributed by atoms with Gasteiger partial charge in [0.15, 0.2) is 17.3 Å². The Kier molecular flexibility index (Phi) is 3.34. The van der Waals surface area contributed by atoms with E-state index in [1.54, 1.807) is 7.11 Å². The maximum atomic E-state index is 5.83. The van der Waals surface area contributed by atoms with E-state index in [4.69, 9.17) is 14.0 Å². The molecule has 20 heavy (non-hydrogen) atoms. The SMILES string of the molecule is COc1cccc2c1OC[C@@H](c1nc(C(C)C)no1)C2. The van der Waals surface area contributed by atoms with Crippen molar-refractivity contribution in [2.45, 2.75) is 32.1 Å². The maximum absolute atomic E-state index is 5.83. The van der Waals surface area contributed by atoms with Gasteiger partial charge in [-0.25, -0.2) is 0 Å². The van der Waals surface area contributed by atoms with Crippen LogP contribution in [0.2, 0.25) is 0 Å². The third-order valence-electron chi connectivity index (χ3n) is 3.50. The Hall–Kier alpha value is -2.04. The normalized spacial score (nSPS) is 17.7. The summed E-state index contributed by atoms with van der Waals surface area (Å²) >= 11 is 0. The van der Waals surface area contributed by atoms with Crippen molar-refractivity contribution in [3.05, 3.63) is 35.5 Å². The first-order valence-electron chi connectivity index (χ1n) is 6.81. The van der Waals surface area contributed by atoms with Gasteiger partial charge in [-0.3, -0.25) is 0 Å². The van der Waals surface area contributed by atoms with E-state index in [-0.39, 0.29) is 11.8 Å². The first kappa shape index (κ1) is 13.0. The van der Waals surface area contributed by atoms with Crippen molar-refractivity contribution in [1.29, 1.82) is 0 Å². The van der Waals surface area contributed by atoms with Gasteiger partial charge in [-0.2, -0.15) is 4.98 Å². The third kappa shape index (κ3) is 2.24. The average Bonchev–Trinajstić information content (AvgIpc) is 2.96. The molecule has 1 atom stereocenters. The van der Waals surface area contributed by atoms with Gasteiger partial charge in [-0.15, -0.1) is 0 Å². The molecular formula is C15H18N2O3. The van der Waals surface area contributed by atoms with Crippen LogP contribution in [-0.2, 0) is 6.42 Å². The summed E-state index contributed by atoms with van der Waals surface area (Å²) in [7, 11) is 1.65. The van der Waals surface area contributed by atoms with Gasteiger partial charge in [-0.05, 0) is 18.1 Å². The molecule has 1 aromatic heterocycles. The number of hydrogen-bond donors (Lipinski definition) is 0. The van der Waals surface area contributed by atoms with Gasteiger partial charge in [0, 0.05) is 5.92 Å². The molecule has 0 unspecified atom stereocenters. The molecule has 0 saturated carbocycles. The summed E-state index contributed by atoms with van der Waals surface area (Å²) in [5.74, 6) is 3.38. The largest absolute Gasteiger partial charge is 0.493 e. The molecule has 2 heterocycles. The van der Waals surface area contributed by atoms with Gasteiger partial charge in [0.05, 0.1) is 13.0 Å². The molecule has 0 radical (unpaired) electrons. The zero-order valence-corrected chi connectivity index (χ0v) is 11.9. The molecule has 5 nitrogen and oxygen atoms in total. The van der Waals surface area contributed by atoms with Crippen LogP contribution in [0.5, 0.6) is 11.5 Å². The second-order valence-electron chi connectivity index (χ2n) is 5.31. The number of para-hydroxylation sites is 1. The fourth-order valence-electron chi connectivity index (χ4n) is 2.36. The van der Waals surface area contributed by atoms with Crippen molar-refractivity contribution in [2.75, 3.05) is 13.7 Å². The summed E-state index contributed by atoms with van der Waals surface area (Å²) in [6.45, 7) is 4.63. The Labute approximate surface area is 117 Å². The Bertz CT molecular complexity index is 607. The van der Waals surface area contributed by atoms with Gasteiger partial charge in [0.1, 0.15) is 6.61 Å². The predicted octanol–water partition coefficient (Wildman–Crippen LogP) is 2.92. The lowest BCUT2D eigenvalue weighted by Crippen LogP contribution is -2.20. The Balaban J connectivity index is 1.84. The summed E-state index contributed by atoms with van der Waals surface area (Å²) < 4.78 is 16.5. The fourth-order valence-corrected chi connectivity index (χ4v) is 2.36. The zero-order valence-electron chi connectivity index (χ0n) is 11.9. The van der Waals surface area contributed by atoms with E-state index in [9.17, 15) is 0 Å². The van der Waals surface area contributed by atoms with E-state index in [2.05, 4.69) is 10.1 Å². The lowest BCUT2D eigenvalue weighted by atomic mass is 9.96. The highest BCUT2D eigenvalue weighted by Gasteiger charge is 2.28. The maximum Gasteiger partial charge on any atom is 0.233 e. The molecule has 0 fully saturated rings. The molecule has 1 aliphatic rings. The number of nitrogens with zero attached hydrogens (tertiary/aromatic N) is 2. The minimum absolute atomic E-state index is 0.106. The van der Waals surface area contributed by atoms with Crippen molar-refractivity contribution in [1.82, 2.24) is 10.1 Å². The van der Waals surface area contributed by atoms with E-state index < -0.39 is 0 Å². The second kappa shape index (κ2) is 5.15. The molecule has 3 rings (SSSR count). The van der Waals surface area contributed by atoms with E-state index >= 15 is 0 Å². The van der Waals surface area contributed by atoms with Crippen LogP contribution in [0.15, 0.2) is 22.7 Å². The van der Waals surface area contributed by atoms with Crippen molar-refractivity contribution in [2.24, 2.45) is 0 Å². The first-order chi connectivity index (χ1) is 9.69. The van der Waals surface area contributed by atoms with Crippen molar-refractivity contribution >= 4 is 0 Å². The lowest BCUT2D eigenvalue weighted by Gasteiger charge is -2.24. The number of benzene rings is 1. The fraction of sp³-hybridized carbons (Fsp3) is 0.467. The quantitative estimate of drug-likeness (QED) is 0.861. The van der Waals surface area contributed by atoms with Crippen LogP contribution in [0.3, 0.4) is 0 Å². The van der Waals surface area contributed by atoms with E-state index in [0.29, 0.717) is 12.5 Å². The minimum Gasteiger partial charge on any atom is -0.493 e. The van der Waals surface area contributed by atoms with Gasteiger partial charge >= 0.3 is 0 Å². The number of ether oxygens (including phenoxy) is 2. The van der Waals surface area contributed by atoms with Gasteiger partial charge in [0.25, 0.3) is 0 Å². The highest BCUT2D eigenvalue weighted by atomic mass is 16.5. The average molecular weight is 274 g/mol. The summed E-state index contributed by atoms with van der Waals surface area (Å²) in [6.07, 6.45) is 0.826. The number of aromatic nitrogens is 2. The lowest BCUT2D eigenvalue weighted by molar-refractivity contribution is 0.220. The van der Waals surface area contributed by atoms with Gasteiger partial charge in [0.2, 0.25) is 5.89 Å². The Morgan fingerprint density at radius 3 is 2.90 bits per heavy atom. The molecule has 0 amide bonds. The van der Waals surface area contributed by atoms with Crippen LogP contribution in [0.1, 0.15) is 43.0 Å². The predicted molar refractivity (Wildman–Crippen MR) is 73.3 cm³/mol. The van der Waals surface area contributed by atoms with Crippen LogP contribution < -0.4 is 9.47 Å². The molecule has 0 saturated heterocycles. The van der Waals surface area contributed by atoms with Crippen LogP contribution in [0.4, 0.5) is 0 Å². The monoisotopic (exact) mass is 274 g/mol. The second-order valence-corrected chi connectivity index (χ2v) is 5.31. The molecule has 1 aromatic carbocycles. The summed E-state index contributed by atoms with van der Waals surface area (Å²) in [4.78, 5) is 4.46.